The van der Waals surface area contributed by atoms with Gasteiger partial charge in [0.15, 0.2) is 5.84 Å². The maximum atomic E-state index is 8.70. The normalized spacial score (nSPS) is 11.4. The Morgan fingerprint density at radius 3 is 2.57 bits per heavy atom. The molecule has 0 aliphatic rings. The summed E-state index contributed by atoms with van der Waals surface area (Å²) in [6.07, 6.45) is 0.955. The van der Waals surface area contributed by atoms with Gasteiger partial charge >= 0.3 is 0 Å². The molecule has 0 aliphatic carbocycles. The lowest BCUT2D eigenvalue weighted by Crippen LogP contribution is -2.21. The van der Waals surface area contributed by atoms with E-state index in [2.05, 4.69) is 22.2 Å². The van der Waals surface area contributed by atoms with Crippen LogP contribution in [0.1, 0.15) is 11.1 Å². The summed E-state index contributed by atoms with van der Waals surface area (Å²) in [5.74, 6) is 0.0125. The lowest BCUT2D eigenvalue weighted by molar-refractivity contribution is 0.318. The molecular weight excluding hydrogens is 286 g/mol. The zero-order valence-corrected chi connectivity index (χ0v) is 12.6. The van der Waals surface area contributed by atoms with Gasteiger partial charge in [0.1, 0.15) is 0 Å². The second kappa shape index (κ2) is 6.99. The van der Waals surface area contributed by atoms with E-state index in [1.165, 1.54) is 5.56 Å². The zero-order valence-electron chi connectivity index (χ0n) is 11.8. The molecule has 4 nitrogen and oxygen atoms in total. The van der Waals surface area contributed by atoms with Gasteiger partial charge in [-0.25, -0.2) is 0 Å². The zero-order chi connectivity index (χ0) is 15.2. The van der Waals surface area contributed by atoms with E-state index in [1.54, 1.807) is 6.07 Å². The molecule has 0 saturated heterocycles. The molecule has 2 rings (SSSR count). The highest BCUT2D eigenvalue weighted by molar-refractivity contribution is 6.34. The molecule has 0 unspecified atom stereocenters. The summed E-state index contributed by atoms with van der Waals surface area (Å²) in [6, 6.07) is 15.8. The highest BCUT2D eigenvalue weighted by atomic mass is 35.5. The minimum Gasteiger partial charge on any atom is -0.409 e. The number of halogens is 1. The van der Waals surface area contributed by atoms with Gasteiger partial charge in [-0.05, 0) is 30.2 Å². The summed E-state index contributed by atoms with van der Waals surface area (Å²) in [5, 5.41) is 12.1. The number of nitrogens with zero attached hydrogens (tertiary/aromatic N) is 2. The van der Waals surface area contributed by atoms with Crippen LogP contribution in [0.15, 0.2) is 53.7 Å². The third-order valence-corrected chi connectivity index (χ3v) is 3.67. The first-order chi connectivity index (χ1) is 10.1. The average molecular weight is 304 g/mol. The number of rotatable bonds is 5. The maximum absolute atomic E-state index is 8.70. The molecule has 0 radical (unpaired) electrons. The Morgan fingerprint density at radius 2 is 1.95 bits per heavy atom. The van der Waals surface area contributed by atoms with Crippen LogP contribution in [0, 0.1) is 0 Å². The van der Waals surface area contributed by atoms with Crippen LogP contribution < -0.4 is 10.6 Å². The van der Waals surface area contributed by atoms with Crippen molar-refractivity contribution in [3.05, 3.63) is 64.7 Å². The van der Waals surface area contributed by atoms with E-state index in [-0.39, 0.29) is 5.84 Å². The van der Waals surface area contributed by atoms with Crippen LogP contribution in [-0.2, 0) is 6.42 Å². The number of hydrogen-bond acceptors (Lipinski definition) is 3. The molecule has 2 aromatic rings. The summed E-state index contributed by atoms with van der Waals surface area (Å²) in [7, 11) is 2.01. The minimum absolute atomic E-state index is 0.0125. The predicted molar refractivity (Wildman–Crippen MR) is 87.4 cm³/mol. The van der Waals surface area contributed by atoms with E-state index in [0.29, 0.717) is 10.6 Å². The monoisotopic (exact) mass is 303 g/mol. The van der Waals surface area contributed by atoms with E-state index >= 15 is 0 Å². The van der Waals surface area contributed by atoms with Gasteiger partial charge in [-0.2, -0.15) is 0 Å². The largest absolute Gasteiger partial charge is 0.409 e. The van der Waals surface area contributed by atoms with Gasteiger partial charge in [0.05, 0.1) is 5.02 Å². The van der Waals surface area contributed by atoms with Crippen LogP contribution >= 0.6 is 11.6 Å². The molecule has 0 fully saturated rings. The Hall–Kier alpha value is -2.20. The van der Waals surface area contributed by atoms with Crippen LogP contribution in [0.4, 0.5) is 5.69 Å². The number of amidine groups is 1. The Kier molecular flexibility index (Phi) is 5.06. The van der Waals surface area contributed by atoms with Crippen molar-refractivity contribution in [2.75, 3.05) is 18.5 Å². The standard InChI is InChI=1S/C16H18ClN3O/c1-20(10-9-12-5-3-2-4-6-12)13-7-8-14(15(17)11-13)16(18)19-21/h2-8,11,21H,9-10H2,1H3,(H2,18,19). The summed E-state index contributed by atoms with van der Waals surface area (Å²) in [6.45, 7) is 0.878. The first-order valence-electron chi connectivity index (χ1n) is 6.64. The molecule has 0 atom stereocenters. The molecule has 0 aliphatic heterocycles. The summed E-state index contributed by atoms with van der Waals surface area (Å²) < 4.78 is 0. The number of anilines is 1. The van der Waals surface area contributed by atoms with Crippen LogP contribution in [0.2, 0.25) is 5.02 Å². The van der Waals surface area contributed by atoms with Gasteiger partial charge in [-0.1, -0.05) is 47.1 Å². The van der Waals surface area contributed by atoms with Gasteiger partial charge in [-0.3, -0.25) is 0 Å². The van der Waals surface area contributed by atoms with Crippen LogP contribution in [0.5, 0.6) is 0 Å². The van der Waals surface area contributed by atoms with Crippen molar-refractivity contribution in [3.63, 3.8) is 0 Å². The Morgan fingerprint density at radius 1 is 1.24 bits per heavy atom. The third-order valence-electron chi connectivity index (χ3n) is 3.36. The van der Waals surface area contributed by atoms with Crippen LogP contribution in [0.3, 0.4) is 0 Å². The van der Waals surface area contributed by atoms with Gasteiger partial charge in [0.25, 0.3) is 0 Å². The third kappa shape index (κ3) is 3.89. The second-order valence-corrected chi connectivity index (χ2v) is 5.21. The number of benzene rings is 2. The SMILES string of the molecule is CN(CCc1ccccc1)c1ccc(C(N)=NO)c(Cl)c1. The topological polar surface area (TPSA) is 61.8 Å². The molecule has 0 saturated carbocycles. The maximum Gasteiger partial charge on any atom is 0.171 e. The lowest BCUT2D eigenvalue weighted by atomic mass is 10.1. The number of oxime groups is 1. The van der Waals surface area contributed by atoms with Crippen molar-refractivity contribution in [2.45, 2.75) is 6.42 Å². The molecule has 0 heterocycles. The lowest BCUT2D eigenvalue weighted by Gasteiger charge is -2.20. The molecular formula is C16H18ClN3O. The van der Waals surface area contributed by atoms with E-state index in [9.17, 15) is 0 Å². The van der Waals surface area contributed by atoms with E-state index in [4.69, 9.17) is 22.5 Å². The molecule has 0 aromatic heterocycles. The van der Waals surface area contributed by atoms with Crippen molar-refractivity contribution in [1.82, 2.24) is 0 Å². The van der Waals surface area contributed by atoms with Crippen molar-refractivity contribution >= 4 is 23.1 Å². The molecule has 110 valence electrons. The molecule has 2 aromatic carbocycles. The first-order valence-corrected chi connectivity index (χ1v) is 7.02. The van der Waals surface area contributed by atoms with E-state index in [0.717, 1.165) is 18.7 Å². The molecule has 0 amide bonds. The quantitative estimate of drug-likeness (QED) is 0.386. The van der Waals surface area contributed by atoms with E-state index < -0.39 is 0 Å². The smallest absolute Gasteiger partial charge is 0.171 e. The average Bonchev–Trinajstić information content (AvgIpc) is 2.52. The first kappa shape index (κ1) is 15.2. The molecule has 5 heteroatoms. The molecule has 3 N–H and O–H groups in total. The summed E-state index contributed by atoms with van der Waals surface area (Å²) in [5.41, 5.74) is 8.37. The second-order valence-electron chi connectivity index (χ2n) is 4.81. The van der Waals surface area contributed by atoms with Crippen LogP contribution in [-0.4, -0.2) is 24.6 Å². The number of nitrogens with two attached hydrogens (primary N) is 1. The number of likely N-dealkylation sites (N-methyl/N-ethyl adjacent to an activating group) is 1. The molecule has 0 spiro atoms. The fourth-order valence-corrected chi connectivity index (χ4v) is 2.35. The van der Waals surface area contributed by atoms with Crippen molar-refractivity contribution in [3.8, 4) is 0 Å². The molecule has 0 bridgehead atoms. The summed E-state index contributed by atoms with van der Waals surface area (Å²) in [4.78, 5) is 2.12. The summed E-state index contributed by atoms with van der Waals surface area (Å²) >= 11 is 6.17. The van der Waals surface area contributed by atoms with Crippen molar-refractivity contribution in [2.24, 2.45) is 10.9 Å². The van der Waals surface area contributed by atoms with Gasteiger partial charge in [-0.15, -0.1) is 0 Å². The Labute approximate surface area is 129 Å². The minimum atomic E-state index is 0.0125. The Bertz CT molecular complexity index is 629. The Balaban J connectivity index is 2.06. The predicted octanol–water partition coefficient (Wildman–Crippen LogP) is 3.11. The van der Waals surface area contributed by atoms with Crippen LogP contribution in [0.25, 0.3) is 0 Å². The number of hydrogen-bond donors (Lipinski definition) is 2. The molecule has 21 heavy (non-hydrogen) atoms. The van der Waals surface area contributed by atoms with Crippen molar-refractivity contribution < 1.29 is 5.21 Å². The van der Waals surface area contributed by atoms with Gasteiger partial charge < -0.3 is 15.8 Å². The highest BCUT2D eigenvalue weighted by Crippen LogP contribution is 2.23. The van der Waals surface area contributed by atoms with Crippen molar-refractivity contribution in [1.29, 1.82) is 0 Å². The fourth-order valence-electron chi connectivity index (χ4n) is 2.07. The fraction of sp³-hybridized carbons (Fsp3) is 0.188. The highest BCUT2D eigenvalue weighted by Gasteiger charge is 2.08. The van der Waals surface area contributed by atoms with E-state index in [1.807, 2.05) is 37.4 Å². The van der Waals surface area contributed by atoms with Gasteiger partial charge in [0.2, 0.25) is 0 Å². The van der Waals surface area contributed by atoms with Gasteiger partial charge in [0, 0.05) is 24.8 Å².